The molecule has 3 rings (SSSR count). The van der Waals surface area contributed by atoms with E-state index in [4.69, 9.17) is 5.11 Å². The zero-order valence-electron chi connectivity index (χ0n) is 14.3. The summed E-state index contributed by atoms with van der Waals surface area (Å²) in [4.78, 5) is 48.6. The molecule has 8 nitrogen and oxygen atoms in total. The van der Waals surface area contributed by atoms with E-state index in [2.05, 4.69) is 5.32 Å². The summed E-state index contributed by atoms with van der Waals surface area (Å²) in [5, 5.41) is 20.4. The molecular formula is C19H14N2O6S. The van der Waals surface area contributed by atoms with Gasteiger partial charge in [-0.3, -0.25) is 19.3 Å². The van der Waals surface area contributed by atoms with Gasteiger partial charge in [-0.2, -0.15) is 0 Å². The lowest BCUT2D eigenvalue weighted by Gasteiger charge is -2.13. The van der Waals surface area contributed by atoms with E-state index in [-0.39, 0.29) is 16.2 Å². The van der Waals surface area contributed by atoms with Crippen LogP contribution in [0, 0.1) is 0 Å². The fourth-order valence-electron chi connectivity index (χ4n) is 2.47. The van der Waals surface area contributed by atoms with Crippen molar-refractivity contribution >= 4 is 46.5 Å². The number of amides is 3. The number of carbonyl (C=O) groups excluding carboxylic acids is 3. The Bertz CT molecular complexity index is 1000. The largest absolute Gasteiger partial charge is 0.507 e. The van der Waals surface area contributed by atoms with E-state index in [1.54, 1.807) is 30.3 Å². The van der Waals surface area contributed by atoms with E-state index in [9.17, 15) is 24.3 Å². The number of carboxylic acid groups (broad SMARTS) is 1. The SMILES string of the molecule is O=C(CN1C(=O)S/C(=C/c2ccccc2)C1=O)Nc1ccc(C(=O)O)c(O)c1. The Balaban J connectivity index is 1.68. The number of hydrogen-bond acceptors (Lipinski definition) is 6. The van der Waals surface area contributed by atoms with E-state index in [1.807, 2.05) is 6.07 Å². The lowest BCUT2D eigenvalue weighted by atomic mass is 10.2. The second-order valence-corrected chi connectivity index (χ2v) is 6.76. The molecule has 0 aliphatic carbocycles. The first kappa shape index (κ1) is 19.2. The third kappa shape index (κ3) is 4.21. The molecule has 28 heavy (non-hydrogen) atoms. The first-order valence-corrected chi connectivity index (χ1v) is 8.83. The summed E-state index contributed by atoms with van der Waals surface area (Å²) >= 11 is 0.746. The van der Waals surface area contributed by atoms with Crippen LogP contribution in [-0.2, 0) is 9.59 Å². The molecule has 0 radical (unpaired) electrons. The fraction of sp³-hybridized carbons (Fsp3) is 0.0526. The van der Waals surface area contributed by atoms with Crippen LogP contribution in [0.5, 0.6) is 5.75 Å². The molecule has 0 bridgehead atoms. The summed E-state index contributed by atoms with van der Waals surface area (Å²) in [6.45, 7) is -0.502. The van der Waals surface area contributed by atoms with Gasteiger partial charge in [0, 0.05) is 11.8 Å². The molecule has 1 fully saturated rings. The quantitative estimate of drug-likeness (QED) is 0.662. The Morgan fingerprint density at radius 3 is 2.46 bits per heavy atom. The average molecular weight is 398 g/mol. The lowest BCUT2D eigenvalue weighted by molar-refractivity contribution is -0.127. The topological polar surface area (TPSA) is 124 Å². The molecule has 0 saturated carbocycles. The number of anilines is 1. The summed E-state index contributed by atoms with van der Waals surface area (Å²) in [6, 6.07) is 12.5. The second-order valence-electron chi connectivity index (χ2n) is 5.76. The van der Waals surface area contributed by atoms with Gasteiger partial charge in [-0.25, -0.2) is 4.79 Å². The highest BCUT2D eigenvalue weighted by Gasteiger charge is 2.36. The van der Waals surface area contributed by atoms with Crippen molar-refractivity contribution in [2.24, 2.45) is 0 Å². The number of phenols is 1. The lowest BCUT2D eigenvalue weighted by Crippen LogP contribution is -2.36. The molecule has 1 aliphatic rings. The van der Waals surface area contributed by atoms with Gasteiger partial charge in [0.25, 0.3) is 11.1 Å². The van der Waals surface area contributed by atoms with Crippen LogP contribution in [0.2, 0.25) is 0 Å². The molecule has 0 spiro atoms. The number of rotatable bonds is 5. The van der Waals surface area contributed by atoms with Crippen molar-refractivity contribution in [3.05, 3.63) is 64.6 Å². The Hall–Kier alpha value is -3.59. The van der Waals surface area contributed by atoms with Gasteiger partial charge in [-0.05, 0) is 35.5 Å². The van der Waals surface area contributed by atoms with Crippen molar-refractivity contribution in [3.8, 4) is 5.75 Å². The molecule has 1 saturated heterocycles. The van der Waals surface area contributed by atoms with Crippen LogP contribution in [0.25, 0.3) is 6.08 Å². The van der Waals surface area contributed by atoms with Crippen LogP contribution >= 0.6 is 11.8 Å². The van der Waals surface area contributed by atoms with E-state index >= 15 is 0 Å². The third-order valence-electron chi connectivity index (χ3n) is 3.78. The highest BCUT2D eigenvalue weighted by Crippen LogP contribution is 2.32. The predicted octanol–water partition coefficient (Wildman–Crippen LogP) is 2.77. The molecule has 3 N–H and O–H groups in total. The van der Waals surface area contributed by atoms with Gasteiger partial charge in [0.2, 0.25) is 5.91 Å². The molecule has 2 aromatic rings. The Morgan fingerprint density at radius 2 is 1.82 bits per heavy atom. The normalized spacial score (nSPS) is 15.1. The van der Waals surface area contributed by atoms with Gasteiger partial charge >= 0.3 is 5.97 Å². The minimum atomic E-state index is -1.31. The first-order valence-electron chi connectivity index (χ1n) is 8.02. The van der Waals surface area contributed by atoms with Gasteiger partial charge in [0.15, 0.2) is 0 Å². The van der Waals surface area contributed by atoms with Crippen LogP contribution < -0.4 is 5.32 Å². The molecule has 1 aliphatic heterocycles. The number of carbonyl (C=O) groups is 4. The highest BCUT2D eigenvalue weighted by molar-refractivity contribution is 8.18. The van der Waals surface area contributed by atoms with Crippen molar-refractivity contribution in [2.45, 2.75) is 0 Å². The standard InChI is InChI=1S/C19H14N2O6S/c22-14-9-12(6-7-13(14)18(25)26)20-16(23)10-21-17(24)15(28-19(21)27)8-11-4-2-1-3-5-11/h1-9,22H,10H2,(H,20,23)(H,25,26)/b15-8+. The van der Waals surface area contributed by atoms with E-state index in [0.717, 1.165) is 34.4 Å². The molecule has 3 amide bonds. The van der Waals surface area contributed by atoms with Crippen LogP contribution in [0.15, 0.2) is 53.4 Å². The third-order valence-corrected chi connectivity index (χ3v) is 4.69. The number of hydrogen-bond donors (Lipinski definition) is 3. The smallest absolute Gasteiger partial charge is 0.339 e. The van der Waals surface area contributed by atoms with Crippen molar-refractivity contribution in [1.82, 2.24) is 4.90 Å². The van der Waals surface area contributed by atoms with Gasteiger partial charge in [-0.15, -0.1) is 0 Å². The zero-order valence-corrected chi connectivity index (χ0v) is 15.1. The summed E-state index contributed by atoms with van der Waals surface area (Å²) in [5.41, 5.74) is 0.584. The number of imide groups is 1. The van der Waals surface area contributed by atoms with Crippen molar-refractivity contribution in [2.75, 3.05) is 11.9 Å². The maximum Gasteiger partial charge on any atom is 0.339 e. The summed E-state index contributed by atoms with van der Waals surface area (Å²) in [7, 11) is 0. The van der Waals surface area contributed by atoms with Crippen LogP contribution in [-0.4, -0.2) is 44.7 Å². The molecule has 1 heterocycles. The van der Waals surface area contributed by atoms with Crippen molar-refractivity contribution < 1.29 is 29.4 Å². The van der Waals surface area contributed by atoms with Crippen molar-refractivity contribution in [1.29, 1.82) is 0 Å². The van der Waals surface area contributed by atoms with Crippen molar-refractivity contribution in [3.63, 3.8) is 0 Å². The number of nitrogens with one attached hydrogen (secondary N) is 1. The highest BCUT2D eigenvalue weighted by atomic mass is 32.2. The number of aromatic hydroxyl groups is 1. The van der Waals surface area contributed by atoms with Gasteiger partial charge in [0.1, 0.15) is 17.9 Å². The zero-order chi connectivity index (χ0) is 20.3. The Kier molecular flexibility index (Phi) is 5.46. The summed E-state index contributed by atoms with van der Waals surface area (Å²) in [5.74, 6) is -3.05. The maximum atomic E-state index is 12.4. The number of benzene rings is 2. The molecular weight excluding hydrogens is 384 g/mol. The van der Waals surface area contributed by atoms with Crippen LogP contribution in [0.4, 0.5) is 10.5 Å². The maximum absolute atomic E-state index is 12.4. The summed E-state index contributed by atoms with van der Waals surface area (Å²) in [6.07, 6.45) is 1.57. The molecule has 9 heteroatoms. The minimum absolute atomic E-state index is 0.138. The van der Waals surface area contributed by atoms with E-state index in [1.165, 1.54) is 6.07 Å². The molecule has 0 unspecified atom stereocenters. The van der Waals surface area contributed by atoms with E-state index < -0.39 is 35.3 Å². The second kappa shape index (κ2) is 7.97. The molecule has 0 atom stereocenters. The van der Waals surface area contributed by atoms with Crippen LogP contribution in [0.1, 0.15) is 15.9 Å². The summed E-state index contributed by atoms with van der Waals surface area (Å²) < 4.78 is 0. The first-order chi connectivity index (χ1) is 13.3. The number of thioether (sulfide) groups is 1. The Morgan fingerprint density at radius 1 is 1.11 bits per heavy atom. The van der Waals surface area contributed by atoms with Gasteiger partial charge < -0.3 is 15.5 Å². The molecule has 0 aromatic heterocycles. The molecule has 2 aromatic carbocycles. The monoisotopic (exact) mass is 398 g/mol. The van der Waals surface area contributed by atoms with Gasteiger partial charge in [0.05, 0.1) is 4.91 Å². The van der Waals surface area contributed by atoms with Crippen LogP contribution in [0.3, 0.4) is 0 Å². The van der Waals surface area contributed by atoms with Gasteiger partial charge in [-0.1, -0.05) is 30.3 Å². The number of aromatic carboxylic acids is 1. The van der Waals surface area contributed by atoms with E-state index in [0.29, 0.717) is 0 Å². The fourth-order valence-corrected chi connectivity index (χ4v) is 3.31. The molecule has 142 valence electrons. The predicted molar refractivity (Wildman–Crippen MR) is 103 cm³/mol. The minimum Gasteiger partial charge on any atom is -0.507 e. The number of nitrogens with zero attached hydrogens (tertiary/aromatic N) is 1. The average Bonchev–Trinajstić information content (AvgIpc) is 2.89. The Labute approximate surface area is 163 Å². The number of carboxylic acids is 1.